The van der Waals surface area contributed by atoms with Crippen LogP contribution in [0.4, 0.5) is 4.39 Å². The van der Waals surface area contributed by atoms with Crippen LogP contribution in [0, 0.1) is 19.7 Å². The Labute approximate surface area is 120 Å². The minimum Gasteiger partial charge on any atom is -0.466 e. The van der Waals surface area contributed by atoms with Crippen LogP contribution in [-0.4, -0.2) is 12.1 Å². The lowest BCUT2D eigenvalue weighted by atomic mass is 10.2. The predicted octanol–water partition coefficient (Wildman–Crippen LogP) is 3.45. The van der Waals surface area contributed by atoms with E-state index in [2.05, 4.69) is 10.5 Å². The maximum atomic E-state index is 13.5. The van der Waals surface area contributed by atoms with Crippen LogP contribution in [0.25, 0.3) is 0 Å². The molecule has 4 nitrogen and oxygen atoms in total. The summed E-state index contributed by atoms with van der Waals surface area (Å²) in [7, 11) is 0. The van der Waals surface area contributed by atoms with Crippen molar-refractivity contribution in [3.05, 3.63) is 57.8 Å². The molecule has 0 spiro atoms. The van der Waals surface area contributed by atoms with Gasteiger partial charge in [0.1, 0.15) is 17.3 Å². The summed E-state index contributed by atoms with van der Waals surface area (Å²) in [5, 5.41) is 3.92. The van der Waals surface area contributed by atoms with Gasteiger partial charge in [0, 0.05) is 5.56 Å². The number of hydrazone groups is 1. The lowest BCUT2D eigenvalue weighted by molar-refractivity contribution is 0.0953. The van der Waals surface area contributed by atoms with Gasteiger partial charge < -0.3 is 4.42 Å². The molecule has 0 bridgehead atoms. The Hall–Kier alpha value is -2.14. The second-order valence-electron chi connectivity index (χ2n) is 4.16. The van der Waals surface area contributed by atoms with E-state index in [0.29, 0.717) is 17.1 Å². The first-order valence-corrected chi connectivity index (χ1v) is 6.21. The van der Waals surface area contributed by atoms with Crippen molar-refractivity contribution in [3.8, 4) is 0 Å². The summed E-state index contributed by atoms with van der Waals surface area (Å²) in [6.45, 7) is 3.42. The maximum absolute atomic E-state index is 13.5. The second kappa shape index (κ2) is 5.88. The van der Waals surface area contributed by atoms with Crippen molar-refractivity contribution in [1.29, 1.82) is 0 Å². The Morgan fingerprint density at radius 1 is 1.45 bits per heavy atom. The van der Waals surface area contributed by atoms with Crippen molar-refractivity contribution >= 4 is 23.7 Å². The Morgan fingerprint density at radius 2 is 2.20 bits per heavy atom. The van der Waals surface area contributed by atoms with Gasteiger partial charge >= 0.3 is 0 Å². The third-order valence-electron chi connectivity index (χ3n) is 2.65. The Morgan fingerprint density at radius 3 is 2.80 bits per heavy atom. The van der Waals surface area contributed by atoms with Gasteiger partial charge in [-0.3, -0.25) is 4.79 Å². The number of nitrogens with zero attached hydrogens (tertiary/aromatic N) is 1. The Kier molecular flexibility index (Phi) is 4.20. The van der Waals surface area contributed by atoms with Crippen LogP contribution in [0.2, 0.25) is 5.02 Å². The van der Waals surface area contributed by atoms with E-state index in [1.165, 1.54) is 18.2 Å². The largest absolute Gasteiger partial charge is 0.466 e. The molecule has 0 atom stereocenters. The summed E-state index contributed by atoms with van der Waals surface area (Å²) in [5.74, 6) is 0.196. The number of hydrogen-bond acceptors (Lipinski definition) is 3. The number of benzene rings is 1. The third-order valence-corrected chi connectivity index (χ3v) is 2.97. The topological polar surface area (TPSA) is 54.6 Å². The first-order chi connectivity index (χ1) is 9.49. The fourth-order valence-electron chi connectivity index (χ4n) is 1.71. The van der Waals surface area contributed by atoms with E-state index in [1.807, 2.05) is 0 Å². The predicted molar refractivity (Wildman–Crippen MR) is 74.7 cm³/mol. The molecule has 0 fully saturated rings. The molecule has 2 aromatic rings. The molecule has 20 heavy (non-hydrogen) atoms. The van der Waals surface area contributed by atoms with Gasteiger partial charge in [-0.05, 0) is 32.0 Å². The van der Waals surface area contributed by atoms with Crippen LogP contribution in [0.3, 0.4) is 0 Å². The minimum absolute atomic E-state index is 0.120. The highest BCUT2D eigenvalue weighted by Gasteiger charge is 2.12. The molecule has 0 aliphatic rings. The molecule has 0 saturated heterocycles. The van der Waals surface area contributed by atoms with Gasteiger partial charge in [-0.2, -0.15) is 5.10 Å². The summed E-state index contributed by atoms with van der Waals surface area (Å²) < 4.78 is 18.7. The van der Waals surface area contributed by atoms with Gasteiger partial charge in [-0.15, -0.1) is 0 Å². The van der Waals surface area contributed by atoms with E-state index in [0.717, 1.165) is 6.21 Å². The zero-order valence-corrected chi connectivity index (χ0v) is 11.7. The lowest BCUT2D eigenvalue weighted by Crippen LogP contribution is -2.17. The molecule has 6 heteroatoms. The first kappa shape index (κ1) is 14.3. The van der Waals surface area contributed by atoms with Crippen molar-refractivity contribution in [1.82, 2.24) is 5.43 Å². The normalized spacial score (nSPS) is 11.0. The highest BCUT2D eigenvalue weighted by atomic mass is 35.5. The smallest absolute Gasteiger partial charge is 0.274 e. The third kappa shape index (κ3) is 3.05. The van der Waals surface area contributed by atoms with E-state index < -0.39 is 11.7 Å². The molecule has 1 aromatic heterocycles. The van der Waals surface area contributed by atoms with E-state index >= 15 is 0 Å². The molecule has 0 unspecified atom stereocenters. The summed E-state index contributed by atoms with van der Waals surface area (Å²) in [6, 6.07) is 5.90. The molecule has 2 rings (SSSR count). The quantitative estimate of drug-likeness (QED) is 0.696. The molecule has 1 heterocycles. The highest BCUT2D eigenvalue weighted by molar-refractivity contribution is 6.33. The maximum Gasteiger partial charge on any atom is 0.274 e. The molecule has 0 aliphatic heterocycles. The van der Waals surface area contributed by atoms with Crippen LogP contribution in [0.1, 0.15) is 27.4 Å². The monoisotopic (exact) mass is 294 g/mol. The van der Waals surface area contributed by atoms with Gasteiger partial charge in [0.15, 0.2) is 0 Å². The van der Waals surface area contributed by atoms with Crippen LogP contribution >= 0.6 is 11.6 Å². The standard InChI is InChI=1S/C14H12ClFN2O2/c1-8-6-10(9(2)20-8)14(19)18-17-7-11-12(15)4-3-5-13(11)16/h3-7H,1-2H3,(H,18,19). The van der Waals surface area contributed by atoms with Crippen LogP contribution in [-0.2, 0) is 0 Å². The van der Waals surface area contributed by atoms with Crippen molar-refractivity contribution in [2.24, 2.45) is 5.10 Å². The van der Waals surface area contributed by atoms with Crippen LogP contribution in [0.15, 0.2) is 33.8 Å². The number of carbonyl (C=O) groups is 1. The number of aryl methyl sites for hydroxylation is 2. The van der Waals surface area contributed by atoms with Crippen molar-refractivity contribution in [3.63, 3.8) is 0 Å². The second-order valence-corrected chi connectivity index (χ2v) is 4.57. The van der Waals surface area contributed by atoms with Gasteiger partial charge in [-0.1, -0.05) is 17.7 Å². The molecule has 0 radical (unpaired) electrons. The fraction of sp³-hybridized carbons (Fsp3) is 0.143. The highest BCUT2D eigenvalue weighted by Crippen LogP contribution is 2.16. The number of nitrogens with one attached hydrogen (secondary N) is 1. The number of amides is 1. The number of carbonyl (C=O) groups excluding carboxylic acids is 1. The zero-order chi connectivity index (χ0) is 14.7. The number of hydrogen-bond donors (Lipinski definition) is 1. The van der Waals surface area contributed by atoms with Gasteiger partial charge in [-0.25, -0.2) is 9.82 Å². The fourth-order valence-corrected chi connectivity index (χ4v) is 1.92. The average molecular weight is 295 g/mol. The Bertz CT molecular complexity index is 660. The SMILES string of the molecule is Cc1cc(C(=O)NN=Cc2c(F)cccc2Cl)c(C)o1. The Balaban J connectivity index is 2.11. The van der Waals surface area contributed by atoms with E-state index in [9.17, 15) is 9.18 Å². The molecular weight excluding hydrogens is 283 g/mol. The molecular formula is C14H12ClFN2O2. The summed E-state index contributed by atoms with van der Waals surface area (Å²) in [5.41, 5.74) is 2.81. The number of rotatable bonds is 3. The summed E-state index contributed by atoms with van der Waals surface area (Å²) in [6.07, 6.45) is 1.16. The molecule has 1 aromatic carbocycles. The van der Waals surface area contributed by atoms with E-state index in [1.54, 1.807) is 19.9 Å². The molecule has 104 valence electrons. The molecule has 0 aliphatic carbocycles. The minimum atomic E-state index is -0.508. The number of halogens is 2. The van der Waals surface area contributed by atoms with Crippen molar-refractivity contribution in [2.75, 3.05) is 0 Å². The van der Waals surface area contributed by atoms with Gasteiger partial charge in [0.25, 0.3) is 5.91 Å². The first-order valence-electron chi connectivity index (χ1n) is 5.83. The van der Waals surface area contributed by atoms with E-state index in [-0.39, 0.29) is 10.6 Å². The van der Waals surface area contributed by atoms with Crippen LogP contribution < -0.4 is 5.43 Å². The van der Waals surface area contributed by atoms with Gasteiger partial charge in [0.05, 0.1) is 16.8 Å². The lowest BCUT2D eigenvalue weighted by Gasteiger charge is -2.00. The van der Waals surface area contributed by atoms with E-state index in [4.69, 9.17) is 16.0 Å². The van der Waals surface area contributed by atoms with Crippen molar-refractivity contribution < 1.29 is 13.6 Å². The van der Waals surface area contributed by atoms with Crippen LogP contribution in [0.5, 0.6) is 0 Å². The molecule has 1 amide bonds. The molecule has 0 saturated carbocycles. The summed E-state index contributed by atoms with van der Waals surface area (Å²) >= 11 is 5.83. The van der Waals surface area contributed by atoms with Gasteiger partial charge in [0.2, 0.25) is 0 Å². The van der Waals surface area contributed by atoms with Crippen molar-refractivity contribution in [2.45, 2.75) is 13.8 Å². The number of furan rings is 1. The molecule has 1 N–H and O–H groups in total. The summed E-state index contributed by atoms with van der Waals surface area (Å²) in [4.78, 5) is 11.8. The average Bonchev–Trinajstić information content (AvgIpc) is 2.72. The zero-order valence-electron chi connectivity index (χ0n) is 10.9.